The maximum Gasteiger partial charge on any atom is 0.251 e. The van der Waals surface area contributed by atoms with Crippen LogP contribution in [-0.2, 0) is 4.79 Å². The standard InChI is InChI=1S/C19H20N6O/c1-3-25(17-10-5-4-6-11-17)19-23-18(13-20-24-19)22-16-9-7-8-15(12-16)21-14(2)26/h4-13H,3H2,1-2H3,(H,21,26)(H,22,23,24). The third kappa shape index (κ3) is 4.32. The lowest BCUT2D eigenvalue weighted by molar-refractivity contribution is -0.114. The number of nitrogens with zero attached hydrogens (tertiary/aromatic N) is 4. The third-order valence-corrected chi connectivity index (χ3v) is 3.63. The van der Waals surface area contributed by atoms with Gasteiger partial charge in [-0.15, -0.1) is 5.10 Å². The Labute approximate surface area is 152 Å². The molecule has 0 unspecified atom stereocenters. The first kappa shape index (κ1) is 17.3. The summed E-state index contributed by atoms with van der Waals surface area (Å²) < 4.78 is 0. The number of nitrogens with one attached hydrogen (secondary N) is 2. The first-order valence-electron chi connectivity index (χ1n) is 8.32. The Balaban J connectivity index is 1.82. The zero-order chi connectivity index (χ0) is 18.4. The number of hydrogen-bond donors (Lipinski definition) is 2. The predicted molar refractivity (Wildman–Crippen MR) is 103 cm³/mol. The fraction of sp³-hybridized carbons (Fsp3) is 0.158. The van der Waals surface area contributed by atoms with Gasteiger partial charge < -0.3 is 15.5 Å². The molecule has 0 atom stereocenters. The van der Waals surface area contributed by atoms with Crippen LogP contribution in [0.2, 0.25) is 0 Å². The van der Waals surface area contributed by atoms with Crippen molar-refractivity contribution in [1.82, 2.24) is 15.2 Å². The Bertz CT molecular complexity index is 884. The highest BCUT2D eigenvalue weighted by molar-refractivity contribution is 5.89. The van der Waals surface area contributed by atoms with Gasteiger partial charge in [0.05, 0.1) is 6.20 Å². The van der Waals surface area contributed by atoms with E-state index in [4.69, 9.17) is 0 Å². The molecular formula is C19H20N6O. The molecule has 0 bridgehead atoms. The minimum Gasteiger partial charge on any atom is -0.339 e. The van der Waals surface area contributed by atoms with E-state index in [0.29, 0.717) is 24.0 Å². The van der Waals surface area contributed by atoms with Crippen LogP contribution < -0.4 is 15.5 Å². The fourth-order valence-electron chi connectivity index (χ4n) is 2.54. The van der Waals surface area contributed by atoms with Crippen LogP contribution in [-0.4, -0.2) is 27.6 Å². The number of para-hydroxylation sites is 1. The lowest BCUT2D eigenvalue weighted by Crippen LogP contribution is -2.19. The minimum atomic E-state index is -0.116. The normalized spacial score (nSPS) is 10.2. The molecule has 7 nitrogen and oxygen atoms in total. The summed E-state index contributed by atoms with van der Waals surface area (Å²) in [6.07, 6.45) is 1.56. The molecule has 2 N–H and O–H groups in total. The average molecular weight is 348 g/mol. The second-order valence-corrected chi connectivity index (χ2v) is 5.61. The third-order valence-electron chi connectivity index (χ3n) is 3.63. The van der Waals surface area contributed by atoms with Crippen molar-refractivity contribution in [1.29, 1.82) is 0 Å². The van der Waals surface area contributed by atoms with E-state index in [0.717, 1.165) is 11.4 Å². The number of hydrogen-bond acceptors (Lipinski definition) is 6. The summed E-state index contributed by atoms with van der Waals surface area (Å²) in [5.74, 6) is 0.973. The smallest absolute Gasteiger partial charge is 0.251 e. The molecule has 0 saturated carbocycles. The van der Waals surface area contributed by atoms with Gasteiger partial charge >= 0.3 is 0 Å². The molecule has 0 fully saturated rings. The van der Waals surface area contributed by atoms with Crippen molar-refractivity contribution in [3.63, 3.8) is 0 Å². The van der Waals surface area contributed by atoms with Crippen LogP contribution in [0.5, 0.6) is 0 Å². The number of carbonyl (C=O) groups is 1. The molecule has 3 rings (SSSR count). The molecule has 132 valence electrons. The molecule has 0 aliphatic carbocycles. The number of carbonyl (C=O) groups excluding carboxylic acids is 1. The molecule has 2 aromatic carbocycles. The van der Waals surface area contributed by atoms with E-state index in [-0.39, 0.29) is 5.91 Å². The molecule has 0 saturated heterocycles. The zero-order valence-corrected chi connectivity index (χ0v) is 14.7. The lowest BCUT2D eigenvalue weighted by atomic mass is 10.2. The lowest BCUT2D eigenvalue weighted by Gasteiger charge is -2.20. The number of benzene rings is 2. The molecule has 26 heavy (non-hydrogen) atoms. The Morgan fingerprint density at radius 3 is 2.58 bits per heavy atom. The van der Waals surface area contributed by atoms with Gasteiger partial charge in [0.2, 0.25) is 5.91 Å². The van der Waals surface area contributed by atoms with Crippen LogP contribution >= 0.6 is 0 Å². The monoisotopic (exact) mass is 348 g/mol. The first-order chi connectivity index (χ1) is 12.7. The average Bonchev–Trinajstić information content (AvgIpc) is 2.63. The van der Waals surface area contributed by atoms with Gasteiger partial charge in [-0.2, -0.15) is 10.1 Å². The van der Waals surface area contributed by atoms with Gasteiger partial charge in [-0.3, -0.25) is 4.79 Å². The summed E-state index contributed by atoms with van der Waals surface area (Å²) >= 11 is 0. The highest BCUT2D eigenvalue weighted by Gasteiger charge is 2.11. The van der Waals surface area contributed by atoms with Gasteiger partial charge in [0, 0.05) is 30.5 Å². The summed E-state index contributed by atoms with van der Waals surface area (Å²) in [5.41, 5.74) is 2.51. The van der Waals surface area contributed by atoms with Crippen LogP contribution in [0, 0.1) is 0 Å². The van der Waals surface area contributed by atoms with Crippen molar-refractivity contribution < 1.29 is 4.79 Å². The van der Waals surface area contributed by atoms with Crippen LogP contribution in [0.3, 0.4) is 0 Å². The van der Waals surface area contributed by atoms with E-state index in [9.17, 15) is 4.79 Å². The minimum absolute atomic E-state index is 0.116. The quantitative estimate of drug-likeness (QED) is 0.706. The van der Waals surface area contributed by atoms with Crippen molar-refractivity contribution in [3.05, 3.63) is 60.8 Å². The van der Waals surface area contributed by atoms with E-state index in [1.165, 1.54) is 6.92 Å². The summed E-state index contributed by atoms with van der Waals surface area (Å²) in [6.45, 7) is 4.23. The maximum absolute atomic E-state index is 11.2. The molecule has 7 heteroatoms. The Hall–Kier alpha value is -3.48. The number of amides is 1. The summed E-state index contributed by atoms with van der Waals surface area (Å²) in [7, 11) is 0. The van der Waals surface area contributed by atoms with Crippen molar-refractivity contribution >= 4 is 34.7 Å². The molecule has 1 heterocycles. The van der Waals surface area contributed by atoms with Gasteiger partial charge in [-0.25, -0.2) is 0 Å². The van der Waals surface area contributed by atoms with E-state index in [1.54, 1.807) is 6.20 Å². The summed E-state index contributed by atoms with van der Waals surface area (Å²) in [4.78, 5) is 17.7. The van der Waals surface area contributed by atoms with Gasteiger partial charge in [-0.05, 0) is 37.3 Å². The molecule has 0 aliphatic heterocycles. The molecule has 0 spiro atoms. The highest BCUT2D eigenvalue weighted by Crippen LogP contribution is 2.23. The predicted octanol–water partition coefficient (Wildman–Crippen LogP) is 3.73. The van der Waals surface area contributed by atoms with Gasteiger partial charge in [0.15, 0.2) is 5.82 Å². The molecule has 1 aromatic heterocycles. The van der Waals surface area contributed by atoms with Gasteiger partial charge in [-0.1, -0.05) is 24.3 Å². The van der Waals surface area contributed by atoms with Gasteiger partial charge in [0.1, 0.15) is 0 Å². The molecule has 1 amide bonds. The second kappa shape index (κ2) is 8.06. The molecule has 0 radical (unpaired) electrons. The Morgan fingerprint density at radius 1 is 1.08 bits per heavy atom. The second-order valence-electron chi connectivity index (χ2n) is 5.61. The number of rotatable bonds is 6. The molecule has 0 aliphatic rings. The van der Waals surface area contributed by atoms with E-state index < -0.39 is 0 Å². The number of anilines is 5. The zero-order valence-electron chi connectivity index (χ0n) is 14.7. The summed E-state index contributed by atoms with van der Waals surface area (Å²) in [5, 5.41) is 14.2. The SMILES string of the molecule is CCN(c1ccccc1)c1nncc(Nc2cccc(NC(C)=O)c2)n1. The van der Waals surface area contributed by atoms with Crippen molar-refractivity contribution in [2.45, 2.75) is 13.8 Å². The van der Waals surface area contributed by atoms with Crippen LogP contribution in [0.25, 0.3) is 0 Å². The summed E-state index contributed by atoms with van der Waals surface area (Å²) in [6, 6.07) is 17.3. The first-order valence-corrected chi connectivity index (χ1v) is 8.32. The fourth-order valence-corrected chi connectivity index (χ4v) is 2.54. The largest absolute Gasteiger partial charge is 0.339 e. The van der Waals surface area contributed by atoms with Gasteiger partial charge in [0.25, 0.3) is 5.95 Å². The van der Waals surface area contributed by atoms with E-state index in [2.05, 4.69) is 25.8 Å². The van der Waals surface area contributed by atoms with E-state index >= 15 is 0 Å². The van der Waals surface area contributed by atoms with E-state index in [1.807, 2.05) is 66.4 Å². The molecular weight excluding hydrogens is 328 g/mol. The maximum atomic E-state index is 11.2. The molecule has 3 aromatic rings. The number of aromatic nitrogens is 3. The van der Waals surface area contributed by atoms with Crippen LogP contribution in [0.1, 0.15) is 13.8 Å². The van der Waals surface area contributed by atoms with Crippen molar-refractivity contribution in [2.75, 3.05) is 22.1 Å². The topological polar surface area (TPSA) is 83.0 Å². The Kier molecular flexibility index (Phi) is 5.38. The van der Waals surface area contributed by atoms with Crippen molar-refractivity contribution in [2.24, 2.45) is 0 Å². The highest BCUT2D eigenvalue weighted by atomic mass is 16.1. The van der Waals surface area contributed by atoms with Crippen molar-refractivity contribution in [3.8, 4) is 0 Å². The Morgan fingerprint density at radius 2 is 1.85 bits per heavy atom. The van der Waals surface area contributed by atoms with Crippen LogP contribution in [0.4, 0.5) is 28.8 Å². The van der Waals surface area contributed by atoms with Crippen LogP contribution in [0.15, 0.2) is 60.8 Å².